The second kappa shape index (κ2) is 5.65. The zero-order valence-corrected chi connectivity index (χ0v) is 6.92. The van der Waals surface area contributed by atoms with E-state index in [-0.39, 0.29) is 12.2 Å². The Labute approximate surface area is 62.4 Å². The Balaban J connectivity index is 3.12. The molecule has 0 spiro atoms. The molecule has 0 aromatic rings. The number of aliphatic hydroxyl groups excluding tert-OH is 1. The molecule has 0 fully saturated rings. The standard InChI is InChI=1S/C7H17NO2/c1-6(2)10-5-7(9)4-8-3/h6-9H,4-5H2,1-3H3. The average molecular weight is 147 g/mol. The van der Waals surface area contributed by atoms with Crippen LogP contribution < -0.4 is 5.32 Å². The SMILES string of the molecule is CNCC(O)COC(C)C. The van der Waals surface area contributed by atoms with Gasteiger partial charge in [-0.15, -0.1) is 0 Å². The van der Waals surface area contributed by atoms with E-state index in [9.17, 15) is 0 Å². The number of aliphatic hydroxyl groups is 1. The maximum atomic E-state index is 9.11. The maximum Gasteiger partial charge on any atom is 0.0897 e. The summed E-state index contributed by atoms with van der Waals surface area (Å²) in [6.07, 6.45) is -0.182. The Morgan fingerprint density at radius 1 is 1.50 bits per heavy atom. The van der Waals surface area contributed by atoms with Gasteiger partial charge in [0.15, 0.2) is 0 Å². The van der Waals surface area contributed by atoms with Gasteiger partial charge < -0.3 is 15.2 Å². The van der Waals surface area contributed by atoms with Crippen LogP contribution in [0.15, 0.2) is 0 Å². The topological polar surface area (TPSA) is 41.5 Å². The van der Waals surface area contributed by atoms with Gasteiger partial charge in [-0.25, -0.2) is 0 Å². The molecule has 0 radical (unpaired) electrons. The summed E-state index contributed by atoms with van der Waals surface area (Å²) in [5.74, 6) is 0. The molecule has 2 N–H and O–H groups in total. The van der Waals surface area contributed by atoms with Gasteiger partial charge in [-0.05, 0) is 20.9 Å². The Kier molecular flexibility index (Phi) is 5.58. The first-order valence-electron chi connectivity index (χ1n) is 3.61. The van der Waals surface area contributed by atoms with Crippen LogP contribution in [-0.2, 0) is 4.74 Å². The van der Waals surface area contributed by atoms with Crippen molar-refractivity contribution < 1.29 is 9.84 Å². The monoisotopic (exact) mass is 147 g/mol. The fourth-order valence-electron chi connectivity index (χ4n) is 0.598. The highest BCUT2D eigenvalue weighted by Crippen LogP contribution is 1.89. The van der Waals surface area contributed by atoms with E-state index in [2.05, 4.69) is 5.32 Å². The average Bonchev–Trinajstić information content (AvgIpc) is 1.85. The highest BCUT2D eigenvalue weighted by molar-refractivity contribution is 4.55. The third kappa shape index (κ3) is 6.01. The van der Waals surface area contributed by atoms with Gasteiger partial charge in [0, 0.05) is 6.54 Å². The molecular formula is C7H17NO2. The van der Waals surface area contributed by atoms with Crippen LogP contribution in [0.5, 0.6) is 0 Å². The van der Waals surface area contributed by atoms with Gasteiger partial charge in [0.2, 0.25) is 0 Å². The summed E-state index contributed by atoms with van der Waals surface area (Å²) in [5, 5.41) is 12.0. The summed E-state index contributed by atoms with van der Waals surface area (Å²) < 4.78 is 5.17. The maximum absolute atomic E-state index is 9.11. The first-order valence-corrected chi connectivity index (χ1v) is 3.61. The molecule has 0 saturated carbocycles. The molecule has 0 aliphatic heterocycles. The van der Waals surface area contributed by atoms with Crippen molar-refractivity contribution in [1.82, 2.24) is 5.32 Å². The van der Waals surface area contributed by atoms with Gasteiger partial charge in [-0.2, -0.15) is 0 Å². The molecular weight excluding hydrogens is 130 g/mol. The summed E-state index contributed by atoms with van der Waals surface area (Å²) >= 11 is 0. The minimum atomic E-state index is -0.382. The molecule has 3 heteroatoms. The predicted molar refractivity (Wildman–Crippen MR) is 41.0 cm³/mol. The Morgan fingerprint density at radius 2 is 2.10 bits per heavy atom. The fourth-order valence-corrected chi connectivity index (χ4v) is 0.598. The van der Waals surface area contributed by atoms with Crippen LogP contribution in [0.4, 0.5) is 0 Å². The van der Waals surface area contributed by atoms with Crippen molar-refractivity contribution in [2.45, 2.75) is 26.1 Å². The van der Waals surface area contributed by atoms with E-state index < -0.39 is 0 Å². The molecule has 0 aliphatic carbocycles. The summed E-state index contributed by atoms with van der Waals surface area (Å²) in [5.41, 5.74) is 0. The fraction of sp³-hybridized carbons (Fsp3) is 1.00. The quantitative estimate of drug-likeness (QED) is 0.575. The molecule has 3 nitrogen and oxygen atoms in total. The lowest BCUT2D eigenvalue weighted by molar-refractivity contribution is 0.00709. The lowest BCUT2D eigenvalue weighted by atomic mass is 10.4. The van der Waals surface area contributed by atoms with E-state index in [0.717, 1.165) is 0 Å². The summed E-state index contributed by atoms with van der Waals surface area (Å²) in [7, 11) is 1.80. The third-order valence-corrected chi connectivity index (χ3v) is 1.06. The number of hydrogen-bond acceptors (Lipinski definition) is 3. The molecule has 0 aromatic carbocycles. The predicted octanol–water partition coefficient (Wildman–Crippen LogP) is -0.00830. The number of hydrogen-bond donors (Lipinski definition) is 2. The molecule has 62 valence electrons. The van der Waals surface area contributed by atoms with Crippen LogP contribution in [-0.4, -0.2) is 37.5 Å². The third-order valence-electron chi connectivity index (χ3n) is 1.06. The molecule has 0 saturated heterocycles. The summed E-state index contributed by atoms with van der Waals surface area (Å²) in [6.45, 7) is 4.91. The van der Waals surface area contributed by atoms with E-state index >= 15 is 0 Å². The van der Waals surface area contributed by atoms with Crippen molar-refractivity contribution in [2.24, 2.45) is 0 Å². The van der Waals surface area contributed by atoms with Gasteiger partial charge in [0.05, 0.1) is 18.8 Å². The molecule has 0 heterocycles. The minimum absolute atomic E-state index is 0.200. The molecule has 0 aliphatic rings. The highest BCUT2D eigenvalue weighted by atomic mass is 16.5. The van der Waals surface area contributed by atoms with Crippen LogP contribution in [0, 0.1) is 0 Å². The number of likely N-dealkylation sites (N-methyl/N-ethyl adjacent to an activating group) is 1. The first kappa shape index (κ1) is 9.88. The van der Waals surface area contributed by atoms with Crippen molar-refractivity contribution in [3.8, 4) is 0 Å². The van der Waals surface area contributed by atoms with Crippen molar-refractivity contribution in [1.29, 1.82) is 0 Å². The van der Waals surface area contributed by atoms with Crippen molar-refractivity contribution >= 4 is 0 Å². The normalized spacial score (nSPS) is 14.1. The van der Waals surface area contributed by atoms with E-state index in [0.29, 0.717) is 13.2 Å². The van der Waals surface area contributed by atoms with E-state index in [1.54, 1.807) is 7.05 Å². The first-order chi connectivity index (χ1) is 4.66. The van der Waals surface area contributed by atoms with Gasteiger partial charge >= 0.3 is 0 Å². The second-order valence-corrected chi connectivity index (χ2v) is 2.59. The Hall–Kier alpha value is -0.120. The van der Waals surface area contributed by atoms with Crippen molar-refractivity contribution in [3.05, 3.63) is 0 Å². The van der Waals surface area contributed by atoms with E-state index in [1.165, 1.54) is 0 Å². The Bertz CT molecular complexity index is 76.0. The van der Waals surface area contributed by atoms with Crippen LogP contribution in [0.25, 0.3) is 0 Å². The highest BCUT2D eigenvalue weighted by Gasteiger charge is 2.02. The second-order valence-electron chi connectivity index (χ2n) is 2.59. The van der Waals surface area contributed by atoms with Gasteiger partial charge in [0.1, 0.15) is 0 Å². The lowest BCUT2D eigenvalue weighted by Gasteiger charge is -2.12. The number of nitrogens with one attached hydrogen (secondary N) is 1. The van der Waals surface area contributed by atoms with Crippen LogP contribution in [0.1, 0.15) is 13.8 Å². The van der Waals surface area contributed by atoms with Crippen LogP contribution in [0.2, 0.25) is 0 Å². The van der Waals surface area contributed by atoms with E-state index in [1.807, 2.05) is 13.8 Å². The molecule has 1 atom stereocenters. The Morgan fingerprint density at radius 3 is 2.50 bits per heavy atom. The molecule has 0 bridgehead atoms. The van der Waals surface area contributed by atoms with Crippen LogP contribution >= 0.6 is 0 Å². The smallest absolute Gasteiger partial charge is 0.0897 e. The zero-order valence-electron chi connectivity index (χ0n) is 6.92. The van der Waals surface area contributed by atoms with Crippen LogP contribution in [0.3, 0.4) is 0 Å². The molecule has 0 rings (SSSR count). The van der Waals surface area contributed by atoms with Crippen molar-refractivity contribution in [3.63, 3.8) is 0 Å². The minimum Gasteiger partial charge on any atom is -0.389 e. The largest absolute Gasteiger partial charge is 0.389 e. The zero-order chi connectivity index (χ0) is 7.98. The molecule has 0 amide bonds. The summed E-state index contributed by atoms with van der Waals surface area (Å²) in [4.78, 5) is 0. The number of ether oxygens (including phenoxy) is 1. The van der Waals surface area contributed by atoms with Gasteiger partial charge in [0.25, 0.3) is 0 Å². The van der Waals surface area contributed by atoms with E-state index in [4.69, 9.17) is 9.84 Å². The molecule has 0 aromatic heterocycles. The molecule has 10 heavy (non-hydrogen) atoms. The lowest BCUT2D eigenvalue weighted by Crippen LogP contribution is -2.28. The number of rotatable bonds is 5. The van der Waals surface area contributed by atoms with Crippen molar-refractivity contribution in [2.75, 3.05) is 20.2 Å². The molecule has 1 unspecified atom stereocenters. The summed E-state index contributed by atoms with van der Waals surface area (Å²) in [6, 6.07) is 0. The van der Waals surface area contributed by atoms with Gasteiger partial charge in [-0.3, -0.25) is 0 Å². The van der Waals surface area contributed by atoms with Gasteiger partial charge in [-0.1, -0.05) is 0 Å².